The van der Waals surface area contributed by atoms with Gasteiger partial charge in [-0.3, -0.25) is 4.79 Å². The summed E-state index contributed by atoms with van der Waals surface area (Å²) < 4.78 is 5.40. The van der Waals surface area contributed by atoms with Gasteiger partial charge >= 0.3 is 0 Å². The number of anilines is 2. The first-order valence-corrected chi connectivity index (χ1v) is 9.73. The molecule has 4 rings (SSSR count). The monoisotopic (exact) mass is 343 g/mol. The van der Waals surface area contributed by atoms with Crippen LogP contribution in [-0.2, 0) is 9.53 Å². The molecule has 1 saturated carbocycles. The number of nitrogens with one attached hydrogen (secondary N) is 3. The summed E-state index contributed by atoms with van der Waals surface area (Å²) >= 11 is 0. The van der Waals surface area contributed by atoms with E-state index in [1.165, 1.54) is 19.3 Å². The van der Waals surface area contributed by atoms with Gasteiger partial charge < -0.3 is 20.7 Å². The van der Waals surface area contributed by atoms with E-state index in [1.54, 1.807) is 0 Å². The Labute approximate surface area is 149 Å². The SMILES string of the molecule is O=C(Nc1ccc(NC2CCOCC2)cc1)[C@@]12CCCC[C@H]1CNC2. The van der Waals surface area contributed by atoms with E-state index >= 15 is 0 Å². The molecule has 1 amide bonds. The first-order valence-electron chi connectivity index (χ1n) is 9.73. The number of ether oxygens (including phenoxy) is 1. The summed E-state index contributed by atoms with van der Waals surface area (Å²) in [5.41, 5.74) is 1.81. The van der Waals surface area contributed by atoms with Crippen LogP contribution < -0.4 is 16.0 Å². The number of rotatable bonds is 4. The molecular formula is C20H29N3O2. The van der Waals surface area contributed by atoms with Gasteiger partial charge in [-0.15, -0.1) is 0 Å². The summed E-state index contributed by atoms with van der Waals surface area (Å²) in [5.74, 6) is 0.697. The summed E-state index contributed by atoms with van der Waals surface area (Å²) in [6.07, 6.45) is 6.71. The van der Waals surface area contributed by atoms with Crippen molar-refractivity contribution in [3.05, 3.63) is 24.3 Å². The van der Waals surface area contributed by atoms with E-state index < -0.39 is 0 Å². The van der Waals surface area contributed by atoms with Gasteiger partial charge in [0.15, 0.2) is 0 Å². The molecule has 2 atom stereocenters. The van der Waals surface area contributed by atoms with E-state index in [0.29, 0.717) is 12.0 Å². The fourth-order valence-electron chi connectivity index (χ4n) is 4.67. The van der Waals surface area contributed by atoms with Gasteiger partial charge in [-0.05, 0) is 62.4 Å². The van der Waals surface area contributed by atoms with Crippen LogP contribution in [0.1, 0.15) is 38.5 Å². The summed E-state index contributed by atoms with van der Waals surface area (Å²) in [4.78, 5) is 13.0. The van der Waals surface area contributed by atoms with Gasteiger partial charge in [-0.25, -0.2) is 0 Å². The normalized spacial score (nSPS) is 29.8. The molecule has 3 N–H and O–H groups in total. The molecule has 2 aliphatic heterocycles. The maximum absolute atomic E-state index is 13.0. The molecule has 1 aromatic carbocycles. The lowest BCUT2D eigenvalue weighted by atomic mass is 9.67. The van der Waals surface area contributed by atoms with Crippen LogP contribution >= 0.6 is 0 Å². The van der Waals surface area contributed by atoms with Crippen LogP contribution in [0.15, 0.2) is 24.3 Å². The molecule has 0 aromatic heterocycles. The van der Waals surface area contributed by atoms with Crippen LogP contribution in [0.5, 0.6) is 0 Å². The Bertz CT molecular complexity index is 597. The van der Waals surface area contributed by atoms with E-state index in [9.17, 15) is 4.79 Å². The van der Waals surface area contributed by atoms with Crippen LogP contribution in [0.3, 0.4) is 0 Å². The van der Waals surface area contributed by atoms with Crippen molar-refractivity contribution in [3.8, 4) is 0 Å². The third-order valence-electron chi connectivity index (χ3n) is 6.23. The molecule has 2 saturated heterocycles. The zero-order valence-electron chi connectivity index (χ0n) is 14.9. The predicted octanol–water partition coefficient (Wildman–Crippen LogP) is 3.00. The van der Waals surface area contributed by atoms with Crippen LogP contribution in [0.2, 0.25) is 0 Å². The van der Waals surface area contributed by atoms with Crippen LogP contribution in [0, 0.1) is 11.3 Å². The molecule has 0 bridgehead atoms. The predicted molar refractivity (Wildman–Crippen MR) is 99.8 cm³/mol. The Balaban J connectivity index is 1.38. The maximum atomic E-state index is 13.0. The molecule has 2 heterocycles. The Morgan fingerprint density at radius 2 is 1.84 bits per heavy atom. The van der Waals surface area contributed by atoms with Gasteiger partial charge in [-0.1, -0.05) is 12.8 Å². The fraction of sp³-hybridized carbons (Fsp3) is 0.650. The number of benzene rings is 1. The number of carbonyl (C=O) groups excluding carboxylic acids is 1. The molecule has 5 heteroatoms. The van der Waals surface area contributed by atoms with Crippen molar-refractivity contribution in [3.63, 3.8) is 0 Å². The highest BCUT2D eigenvalue weighted by Crippen LogP contribution is 2.44. The van der Waals surface area contributed by atoms with Gasteiger partial charge in [0.1, 0.15) is 0 Å². The molecule has 5 nitrogen and oxygen atoms in total. The molecule has 3 fully saturated rings. The minimum atomic E-state index is -0.197. The quantitative estimate of drug-likeness (QED) is 0.786. The molecule has 136 valence electrons. The van der Waals surface area contributed by atoms with Gasteiger partial charge in [0, 0.05) is 37.2 Å². The summed E-state index contributed by atoms with van der Waals surface area (Å²) in [6, 6.07) is 8.63. The largest absolute Gasteiger partial charge is 0.382 e. The van der Waals surface area contributed by atoms with Crippen LogP contribution in [0.25, 0.3) is 0 Å². The molecule has 0 spiro atoms. The van der Waals surface area contributed by atoms with E-state index in [1.807, 2.05) is 12.1 Å². The highest BCUT2D eigenvalue weighted by molar-refractivity contribution is 5.96. The van der Waals surface area contributed by atoms with Gasteiger partial charge in [-0.2, -0.15) is 0 Å². The Morgan fingerprint density at radius 3 is 2.64 bits per heavy atom. The second-order valence-corrected chi connectivity index (χ2v) is 7.79. The highest BCUT2D eigenvalue weighted by Gasteiger charge is 2.49. The molecule has 1 aromatic rings. The standard InChI is InChI=1S/C20H29N3O2/c24-19(20-10-2-1-3-15(20)13-21-14-20)23-17-6-4-16(5-7-17)22-18-8-11-25-12-9-18/h4-7,15,18,21-22H,1-3,8-14H2,(H,23,24)/t15-,20+/m0/s1. The van der Waals surface area contributed by atoms with Gasteiger partial charge in [0.2, 0.25) is 5.91 Å². The van der Waals surface area contributed by atoms with Crippen molar-refractivity contribution in [2.24, 2.45) is 11.3 Å². The number of hydrogen-bond acceptors (Lipinski definition) is 4. The number of hydrogen-bond donors (Lipinski definition) is 3. The summed E-state index contributed by atoms with van der Waals surface area (Å²) in [7, 11) is 0. The van der Waals surface area contributed by atoms with Crippen molar-refractivity contribution >= 4 is 17.3 Å². The maximum Gasteiger partial charge on any atom is 0.232 e. The molecule has 25 heavy (non-hydrogen) atoms. The molecule has 0 unspecified atom stereocenters. The van der Waals surface area contributed by atoms with E-state index in [2.05, 4.69) is 28.1 Å². The van der Waals surface area contributed by atoms with Gasteiger partial charge in [0.25, 0.3) is 0 Å². The van der Waals surface area contributed by atoms with E-state index in [4.69, 9.17) is 4.74 Å². The van der Waals surface area contributed by atoms with Crippen molar-refractivity contribution in [2.45, 2.75) is 44.6 Å². The smallest absolute Gasteiger partial charge is 0.232 e. The fourth-order valence-corrected chi connectivity index (χ4v) is 4.67. The lowest BCUT2D eigenvalue weighted by Gasteiger charge is -2.37. The average Bonchev–Trinajstić information content (AvgIpc) is 3.10. The zero-order chi connectivity index (χ0) is 17.1. The summed E-state index contributed by atoms with van der Waals surface area (Å²) in [6.45, 7) is 3.49. The zero-order valence-corrected chi connectivity index (χ0v) is 14.9. The molecular weight excluding hydrogens is 314 g/mol. The van der Waals surface area contributed by atoms with E-state index in [-0.39, 0.29) is 11.3 Å². The number of carbonyl (C=O) groups is 1. The number of fused-ring (bicyclic) bond motifs is 1. The second kappa shape index (κ2) is 7.34. The first-order chi connectivity index (χ1) is 12.3. The van der Waals surface area contributed by atoms with Crippen molar-refractivity contribution < 1.29 is 9.53 Å². The lowest BCUT2D eigenvalue weighted by Crippen LogP contribution is -2.44. The topological polar surface area (TPSA) is 62.4 Å². The first kappa shape index (κ1) is 16.9. The minimum absolute atomic E-state index is 0.197. The second-order valence-electron chi connectivity index (χ2n) is 7.79. The third kappa shape index (κ3) is 3.53. The van der Waals surface area contributed by atoms with E-state index in [0.717, 1.165) is 56.9 Å². The highest BCUT2D eigenvalue weighted by atomic mass is 16.5. The Morgan fingerprint density at radius 1 is 1.08 bits per heavy atom. The van der Waals surface area contributed by atoms with Crippen LogP contribution in [-0.4, -0.2) is 38.3 Å². The third-order valence-corrected chi connectivity index (χ3v) is 6.23. The Kier molecular flexibility index (Phi) is 4.95. The lowest BCUT2D eigenvalue weighted by molar-refractivity contribution is -0.128. The van der Waals surface area contributed by atoms with Crippen molar-refractivity contribution in [1.82, 2.24) is 5.32 Å². The number of amides is 1. The Hall–Kier alpha value is -1.59. The van der Waals surface area contributed by atoms with Crippen molar-refractivity contribution in [1.29, 1.82) is 0 Å². The molecule has 0 radical (unpaired) electrons. The molecule has 3 aliphatic rings. The summed E-state index contributed by atoms with van der Waals surface area (Å²) in [5, 5.41) is 10.2. The van der Waals surface area contributed by atoms with Crippen molar-refractivity contribution in [2.75, 3.05) is 36.9 Å². The average molecular weight is 343 g/mol. The molecule has 1 aliphatic carbocycles. The van der Waals surface area contributed by atoms with Crippen LogP contribution in [0.4, 0.5) is 11.4 Å². The van der Waals surface area contributed by atoms with Gasteiger partial charge in [0.05, 0.1) is 5.41 Å². The minimum Gasteiger partial charge on any atom is -0.382 e.